The van der Waals surface area contributed by atoms with Gasteiger partial charge in [0.15, 0.2) is 0 Å². The molecule has 2 saturated heterocycles. The number of aromatic amines is 1. The van der Waals surface area contributed by atoms with Crippen molar-refractivity contribution in [2.45, 2.75) is 32.6 Å². The van der Waals surface area contributed by atoms with Gasteiger partial charge in [-0.3, -0.25) is 9.59 Å². The summed E-state index contributed by atoms with van der Waals surface area (Å²) in [6, 6.07) is 5.69. The summed E-state index contributed by atoms with van der Waals surface area (Å²) < 4.78 is 5.48. The lowest BCUT2D eigenvalue weighted by Crippen LogP contribution is -2.46. The molecule has 1 amide bonds. The fourth-order valence-electron chi connectivity index (χ4n) is 4.15. The Labute approximate surface area is 147 Å². The molecule has 5 nitrogen and oxygen atoms in total. The number of aryl methyl sites for hydroxylation is 1. The zero-order valence-electron chi connectivity index (χ0n) is 14.6. The number of carbonyl (C=O) groups excluding carboxylic acids is 1. The van der Waals surface area contributed by atoms with Crippen LogP contribution in [0.3, 0.4) is 0 Å². The number of pyridine rings is 1. The molecule has 4 rings (SSSR count). The number of H-pyrrole nitrogens is 1. The van der Waals surface area contributed by atoms with Crippen LogP contribution < -0.4 is 5.43 Å². The van der Waals surface area contributed by atoms with Crippen molar-refractivity contribution >= 4 is 16.8 Å². The quantitative estimate of drug-likeness (QED) is 0.868. The SMILES string of the molecule is Cc1ccc2[nH]cc(C(=O)N3CCC4(CCOCC4)CC3)c(=O)c2c1. The first kappa shape index (κ1) is 16.3. The highest BCUT2D eigenvalue weighted by atomic mass is 16.5. The highest BCUT2D eigenvalue weighted by Gasteiger charge is 2.37. The largest absolute Gasteiger partial charge is 0.381 e. The second-order valence-electron chi connectivity index (χ2n) is 7.49. The van der Waals surface area contributed by atoms with Gasteiger partial charge in [-0.1, -0.05) is 11.6 Å². The van der Waals surface area contributed by atoms with Gasteiger partial charge >= 0.3 is 0 Å². The number of nitrogens with zero attached hydrogens (tertiary/aromatic N) is 1. The summed E-state index contributed by atoms with van der Waals surface area (Å²) in [6.45, 7) is 5.06. The van der Waals surface area contributed by atoms with E-state index in [-0.39, 0.29) is 16.9 Å². The Morgan fingerprint density at radius 2 is 1.88 bits per heavy atom. The first-order valence-corrected chi connectivity index (χ1v) is 9.07. The molecule has 0 radical (unpaired) electrons. The Hall–Kier alpha value is -2.14. The van der Waals surface area contributed by atoms with Gasteiger partial charge in [-0.05, 0) is 50.2 Å². The van der Waals surface area contributed by atoms with Gasteiger partial charge in [0.25, 0.3) is 5.91 Å². The van der Waals surface area contributed by atoms with Crippen molar-refractivity contribution in [1.29, 1.82) is 0 Å². The minimum atomic E-state index is -0.172. The number of fused-ring (bicyclic) bond motifs is 1. The average molecular weight is 340 g/mol. The molecule has 2 fully saturated rings. The first-order valence-electron chi connectivity index (χ1n) is 9.07. The standard InChI is InChI=1S/C20H24N2O3/c1-14-2-3-17-15(12-14)18(23)16(13-21-17)19(24)22-8-4-20(5-9-22)6-10-25-11-7-20/h2-3,12-13H,4-11H2,1H3,(H,21,23). The molecule has 0 aliphatic carbocycles. The molecular weight excluding hydrogens is 316 g/mol. The molecule has 0 unspecified atom stereocenters. The van der Waals surface area contributed by atoms with Crippen molar-refractivity contribution in [2.24, 2.45) is 5.41 Å². The maximum atomic E-state index is 12.9. The lowest BCUT2D eigenvalue weighted by Gasteiger charge is -2.44. The molecule has 0 saturated carbocycles. The highest BCUT2D eigenvalue weighted by molar-refractivity contribution is 5.97. The average Bonchev–Trinajstić information content (AvgIpc) is 2.63. The number of carbonyl (C=O) groups is 1. The Morgan fingerprint density at radius 3 is 2.60 bits per heavy atom. The van der Waals surface area contributed by atoms with E-state index in [1.165, 1.54) is 0 Å². The zero-order valence-corrected chi connectivity index (χ0v) is 14.6. The van der Waals surface area contributed by atoms with Crippen LogP contribution in [0, 0.1) is 12.3 Å². The van der Waals surface area contributed by atoms with E-state index < -0.39 is 0 Å². The summed E-state index contributed by atoms with van der Waals surface area (Å²) in [4.78, 5) is 30.6. The van der Waals surface area contributed by atoms with E-state index in [9.17, 15) is 9.59 Å². The predicted octanol–water partition coefficient (Wildman–Crippen LogP) is 2.87. The molecule has 0 atom stereocenters. The summed E-state index contributed by atoms with van der Waals surface area (Å²) in [5.41, 5.74) is 2.20. The van der Waals surface area contributed by atoms with Crippen molar-refractivity contribution in [3.8, 4) is 0 Å². The van der Waals surface area contributed by atoms with Crippen molar-refractivity contribution < 1.29 is 9.53 Å². The molecule has 1 aromatic heterocycles. The van der Waals surface area contributed by atoms with Gasteiger partial charge < -0.3 is 14.6 Å². The number of hydrogen-bond donors (Lipinski definition) is 1. The van der Waals surface area contributed by atoms with Gasteiger partial charge in [-0.25, -0.2) is 0 Å². The Bertz CT molecular complexity index is 855. The summed E-state index contributed by atoms with van der Waals surface area (Å²) >= 11 is 0. The third-order valence-electron chi connectivity index (χ3n) is 5.93. The molecule has 1 spiro atoms. The van der Waals surface area contributed by atoms with E-state index in [1.807, 2.05) is 30.0 Å². The fraction of sp³-hybridized carbons (Fsp3) is 0.500. The van der Waals surface area contributed by atoms with Crippen LogP contribution in [0.5, 0.6) is 0 Å². The van der Waals surface area contributed by atoms with E-state index in [0.29, 0.717) is 10.8 Å². The number of rotatable bonds is 1. The molecule has 132 valence electrons. The van der Waals surface area contributed by atoms with Crippen LogP contribution in [0.1, 0.15) is 41.6 Å². The van der Waals surface area contributed by atoms with Crippen LogP contribution in [0.2, 0.25) is 0 Å². The molecule has 25 heavy (non-hydrogen) atoms. The molecule has 1 aromatic carbocycles. The van der Waals surface area contributed by atoms with Crippen molar-refractivity contribution in [3.05, 3.63) is 45.7 Å². The van der Waals surface area contributed by atoms with Gasteiger partial charge in [0, 0.05) is 43.4 Å². The minimum absolute atomic E-state index is 0.147. The normalized spacial score (nSPS) is 20.1. The Kier molecular flexibility index (Phi) is 4.12. The van der Waals surface area contributed by atoms with E-state index in [2.05, 4.69) is 4.98 Å². The maximum absolute atomic E-state index is 12.9. The lowest BCUT2D eigenvalue weighted by molar-refractivity contribution is -0.0175. The Balaban J connectivity index is 1.56. The number of benzene rings is 1. The van der Waals surface area contributed by atoms with Crippen LogP contribution in [0.15, 0.2) is 29.2 Å². The van der Waals surface area contributed by atoms with E-state index in [4.69, 9.17) is 4.74 Å². The van der Waals surface area contributed by atoms with Crippen LogP contribution in [-0.2, 0) is 4.74 Å². The number of hydrogen-bond acceptors (Lipinski definition) is 3. The second kappa shape index (κ2) is 6.30. The molecule has 1 N–H and O–H groups in total. The van der Waals surface area contributed by atoms with Gasteiger partial charge in [0.1, 0.15) is 5.56 Å². The minimum Gasteiger partial charge on any atom is -0.381 e. The number of likely N-dealkylation sites (tertiary alicyclic amines) is 1. The van der Waals surface area contributed by atoms with Crippen LogP contribution in [0.25, 0.3) is 10.9 Å². The summed E-state index contributed by atoms with van der Waals surface area (Å²) in [6.07, 6.45) is 5.76. The van der Waals surface area contributed by atoms with E-state index >= 15 is 0 Å². The van der Waals surface area contributed by atoms with Gasteiger partial charge in [0.05, 0.1) is 0 Å². The van der Waals surface area contributed by atoms with Crippen LogP contribution in [-0.4, -0.2) is 42.1 Å². The number of aromatic nitrogens is 1. The molecule has 2 aliphatic heterocycles. The van der Waals surface area contributed by atoms with Crippen molar-refractivity contribution in [2.75, 3.05) is 26.3 Å². The van der Waals surface area contributed by atoms with E-state index in [1.54, 1.807) is 6.20 Å². The topological polar surface area (TPSA) is 62.4 Å². The predicted molar refractivity (Wildman–Crippen MR) is 96.9 cm³/mol. The zero-order chi connectivity index (χ0) is 17.4. The monoisotopic (exact) mass is 340 g/mol. The smallest absolute Gasteiger partial charge is 0.259 e. The fourth-order valence-corrected chi connectivity index (χ4v) is 4.15. The van der Waals surface area contributed by atoms with Gasteiger partial charge in [0.2, 0.25) is 5.43 Å². The lowest BCUT2D eigenvalue weighted by atomic mass is 9.72. The van der Waals surface area contributed by atoms with Crippen LogP contribution >= 0.6 is 0 Å². The number of ether oxygens (including phenoxy) is 1. The number of amides is 1. The molecular formula is C20H24N2O3. The number of piperidine rings is 1. The molecule has 2 aromatic rings. The summed E-state index contributed by atoms with van der Waals surface area (Å²) in [5.74, 6) is -0.147. The molecule has 0 bridgehead atoms. The molecule has 3 heterocycles. The van der Waals surface area contributed by atoms with Crippen LogP contribution in [0.4, 0.5) is 0 Å². The van der Waals surface area contributed by atoms with E-state index in [0.717, 1.165) is 63.1 Å². The second-order valence-corrected chi connectivity index (χ2v) is 7.49. The maximum Gasteiger partial charge on any atom is 0.259 e. The van der Waals surface area contributed by atoms with Gasteiger partial charge in [-0.2, -0.15) is 0 Å². The third-order valence-corrected chi connectivity index (χ3v) is 5.93. The molecule has 2 aliphatic rings. The van der Waals surface area contributed by atoms with Crippen molar-refractivity contribution in [3.63, 3.8) is 0 Å². The Morgan fingerprint density at radius 1 is 1.16 bits per heavy atom. The highest BCUT2D eigenvalue weighted by Crippen LogP contribution is 2.40. The summed E-state index contributed by atoms with van der Waals surface area (Å²) in [5, 5.41) is 0.587. The van der Waals surface area contributed by atoms with Crippen molar-refractivity contribution in [1.82, 2.24) is 9.88 Å². The molecule has 5 heteroatoms. The summed E-state index contributed by atoms with van der Waals surface area (Å²) in [7, 11) is 0. The first-order chi connectivity index (χ1) is 12.1. The number of nitrogens with one attached hydrogen (secondary N) is 1. The third kappa shape index (κ3) is 2.97. The van der Waals surface area contributed by atoms with Gasteiger partial charge in [-0.15, -0.1) is 0 Å².